The Kier molecular flexibility index (Phi) is 4.55. The minimum Gasteiger partial charge on any atom is -0.362 e. The quantitative estimate of drug-likeness (QED) is 0.864. The third-order valence-electron chi connectivity index (χ3n) is 4.57. The number of rotatable bonds is 4. The van der Waals surface area contributed by atoms with E-state index in [1.165, 1.54) is 0 Å². The number of anilines is 1. The van der Waals surface area contributed by atoms with Gasteiger partial charge in [0.2, 0.25) is 0 Å². The van der Waals surface area contributed by atoms with Crippen molar-refractivity contribution in [2.75, 3.05) is 25.5 Å². The van der Waals surface area contributed by atoms with Crippen molar-refractivity contribution in [3.8, 4) is 0 Å². The molecule has 3 rings (SSSR count). The number of pyridine rings is 1. The standard InChI is InChI=1S/C18H25N5O/c1-13-11-14(2)23(20-13)12-15-7-6-10-22(15)18(24)16-8-5-9-19-17(16)21(3)4/h5,8-9,11,15H,6-7,10,12H2,1-4H3/t15-/m1/s1. The molecule has 2 aromatic heterocycles. The summed E-state index contributed by atoms with van der Waals surface area (Å²) in [5, 5.41) is 4.54. The highest BCUT2D eigenvalue weighted by Gasteiger charge is 2.31. The molecule has 1 aliphatic rings. The molecule has 1 fully saturated rings. The van der Waals surface area contributed by atoms with Gasteiger partial charge in [-0.05, 0) is 44.9 Å². The molecule has 2 aromatic rings. The van der Waals surface area contributed by atoms with E-state index in [1.807, 2.05) is 47.6 Å². The third-order valence-corrected chi connectivity index (χ3v) is 4.57. The normalized spacial score (nSPS) is 17.3. The van der Waals surface area contributed by atoms with Gasteiger partial charge in [0, 0.05) is 32.5 Å². The lowest BCUT2D eigenvalue weighted by atomic mass is 10.1. The van der Waals surface area contributed by atoms with Crippen LogP contribution in [-0.4, -0.2) is 52.3 Å². The van der Waals surface area contributed by atoms with Crippen LogP contribution in [0.15, 0.2) is 24.4 Å². The van der Waals surface area contributed by atoms with Gasteiger partial charge >= 0.3 is 0 Å². The Balaban J connectivity index is 1.83. The van der Waals surface area contributed by atoms with Gasteiger partial charge in [-0.3, -0.25) is 9.48 Å². The van der Waals surface area contributed by atoms with Crippen LogP contribution < -0.4 is 4.90 Å². The van der Waals surface area contributed by atoms with Gasteiger partial charge in [0.1, 0.15) is 5.82 Å². The van der Waals surface area contributed by atoms with Crippen LogP contribution in [0.25, 0.3) is 0 Å². The molecule has 1 atom stereocenters. The summed E-state index contributed by atoms with van der Waals surface area (Å²) >= 11 is 0. The molecule has 6 nitrogen and oxygen atoms in total. The Hall–Kier alpha value is -2.37. The van der Waals surface area contributed by atoms with Crippen molar-refractivity contribution in [3.05, 3.63) is 41.3 Å². The highest BCUT2D eigenvalue weighted by Crippen LogP contribution is 2.25. The number of likely N-dealkylation sites (tertiary alicyclic amines) is 1. The average molecular weight is 327 g/mol. The Morgan fingerprint density at radius 3 is 2.83 bits per heavy atom. The summed E-state index contributed by atoms with van der Waals surface area (Å²) in [5.41, 5.74) is 2.83. The first-order valence-electron chi connectivity index (χ1n) is 8.41. The number of aryl methyl sites for hydroxylation is 2. The summed E-state index contributed by atoms with van der Waals surface area (Å²) in [6.45, 7) is 5.61. The minimum atomic E-state index is 0.0656. The maximum absolute atomic E-state index is 13.1. The fourth-order valence-electron chi connectivity index (χ4n) is 3.43. The van der Waals surface area contributed by atoms with Gasteiger partial charge in [0.25, 0.3) is 5.91 Å². The predicted octanol–water partition coefficient (Wildman–Crippen LogP) is 2.27. The molecule has 0 unspecified atom stereocenters. The summed E-state index contributed by atoms with van der Waals surface area (Å²) in [6.07, 6.45) is 3.78. The van der Waals surface area contributed by atoms with Crippen molar-refractivity contribution >= 4 is 11.7 Å². The van der Waals surface area contributed by atoms with Crippen LogP contribution in [0.3, 0.4) is 0 Å². The summed E-state index contributed by atoms with van der Waals surface area (Å²) in [7, 11) is 3.83. The lowest BCUT2D eigenvalue weighted by Crippen LogP contribution is -2.39. The van der Waals surface area contributed by atoms with Gasteiger partial charge in [-0.25, -0.2) is 4.98 Å². The molecule has 0 N–H and O–H groups in total. The Morgan fingerprint density at radius 1 is 1.38 bits per heavy atom. The van der Waals surface area contributed by atoms with E-state index in [-0.39, 0.29) is 11.9 Å². The highest BCUT2D eigenvalue weighted by molar-refractivity contribution is 5.99. The van der Waals surface area contributed by atoms with Crippen molar-refractivity contribution in [2.45, 2.75) is 39.3 Å². The zero-order chi connectivity index (χ0) is 17.3. The predicted molar refractivity (Wildman–Crippen MR) is 94.3 cm³/mol. The van der Waals surface area contributed by atoms with E-state index in [2.05, 4.69) is 23.1 Å². The first kappa shape index (κ1) is 16.5. The molecule has 0 aromatic carbocycles. The topological polar surface area (TPSA) is 54.3 Å². The molecule has 1 aliphatic heterocycles. The van der Waals surface area contributed by atoms with E-state index in [0.717, 1.165) is 43.1 Å². The van der Waals surface area contributed by atoms with Crippen molar-refractivity contribution in [1.29, 1.82) is 0 Å². The number of carbonyl (C=O) groups excluding carboxylic acids is 1. The second-order valence-corrected chi connectivity index (χ2v) is 6.67. The molecule has 24 heavy (non-hydrogen) atoms. The van der Waals surface area contributed by atoms with Crippen LogP contribution in [0.2, 0.25) is 0 Å². The molecule has 0 spiro atoms. The van der Waals surface area contributed by atoms with Crippen molar-refractivity contribution in [2.24, 2.45) is 0 Å². The van der Waals surface area contributed by atoms with Crippen LogP contribution in [0.5, 0.6) is 0 Å². The maximum Gasteiger partial charge on any atom is 0.257 e. The molecule has 1 amide bonds. The molecule has 0 saturated carbocycles. The van der Waals surface area contributed by atoms with Gasteiger partial charge in [-0.15, -0.1) is 0 Å². The summed E-state index contributed by atoms with van der Waals surface area (Å²) < 4.78 is 2.02. The van der Waals surface area contributed by atoms with Gasteiger partial charge in [-0.2, -0.15) is 5.10 Å². The maximum atomic E-state index is 13.1. The second kappa shape index (κ2) is 6.63. The molecule has 6 heteroatoms. The molecule has 1 saturated heterocycles. The average Bonchev–Trinajstić information content (AvgIpc) is 3.13. The van der Waals surface area contributed by atoms with E-state index < -0.39 is 0 Å². The fraction of sp³-hybridized carbons (Fsp3) is 0.500. The Morgan fingerprint density at radius 2 is 2.17 bits per heavy atom. The van der Waals surface area contributed by atoms with Crippen molar-refractivity contribution in [3.63, 3.8) is 0 Å². The third kappa shape index (κ3) is 3.13. The van der Waals surface area contributed by atoms with E-state index >= 15 is 0 Å². The largest absolute Gasteiger partial charge is 0.362 e. The number of nitrogens with zero attached hydrogens (tertiary/aromatic N) is 5. The monoisotopic (exact) mass is 327 g/mol. The summed E-state index contributed by atoms with van der Waals surface area (Å²) in [5.74, 6) is 0.787. The van der Waals surface area contributed by atoms with Crippen LogP contribution in [0.4, 0.5) is 5.82 Å². The lowest BCUT2D eigenvalue weighted by Gasteiger charge is -2.26. The van der Waals surface area contributed by atoms with Crippen LogP contribution in [0.1, 0.15) is 34.6 Å². The zero-order valence-corrected chi connectivity index (χ0v) is 14.9. The molecule has 128 valence electrons. The smallest absolute Gasteiger partial charge is 0.257 e. The Labute approximate surface area is 143 Å². The van der Waals surface area contributed by atoms with Gasteiger partial charge in [-0.1, -0.05) is 0 Å². The molecular formula is C18H25N5O. The molecule has 3 heterocycles. The molecule has 0 radical (unpaired) electrons. The SMILES string of the molecule is Cc1cc(C)n(C[C@H]2CCCN2C(=O)c2cccnc2N(C)C)n1. The minimum absolute atomic E-state index is 0.0656. The van der Waals surface area contributed by atoms with Crippen molar-refractivity contribution in [1.82, 2.24) is 19.7 Å². The van der Waals surface area contributed by atoms with E-state index in [1.54, 1.807) is 6.20 Å². The first-order valence-corrected chi connectivity index (χ1v) is 8.41. The first-order chi connectivity index (χ1) is 11.5. The number of hydrogen-bond donors (Lipinski definition) is 0. The molecular weight excluding hydrogens is 302 g/mol. The van der Waals surface area contributed by atoms with Crippen molar-refractivity contribution < 1.29 is 4.79 Å². The summed E-state index contributed by atoms with van der Waals surface area (Å²) in [4.78, 5) is 21.3. The number of aromatic nitrogens is 3. The van der Waals surface area contributed by atoms with Gasteiger partial charge < -0.3 is 9.80 Å². The highest BCUT2D eigenvalue weighted by atomic mass is 16.2. The summed E-state index contributed by atoms with van der Waals surface area (Å²) in [6, 6.07) is 5.95. The van der Waals surface area contributed by atoms with Crippen LogP contribution in [0, 0.1) is 13.8 Å². The number of carbonyl (C=O) groups is 1. The number of amides is 1. The molecule has 0 bridgehead atoms. The van der Waals surface area contributed by atoms with Gasteiger partial charge in [0.05, 0.1) is 23.8 Å². The van der Waals surface area contributed by atoms with E-state index in [0.29, 0.717) is 5.56 Å². The van der Waals surface area contributed by atoms with E-state index in [4.69, 9.17) is 0 Å². The van der Waals surface area contributed by atoms with Crippen LogP contribution in [-0.2, 0) is 6.54 Å². The second-order valence-electron chi connectivity index (χ2n) is 6.67. The fourth-order valence-corrected chi connectivity index (χ4v) is 3.43. The van der Waals surface area contributed by atoms with E-state index in [9.17, 15) is 4.79 Å². The molecule has 0 aliphatic carbocycles. The lowest BCUT2D eigenvalue weighted by molar-refractivity contribution is 0.0721. The van der Waals surface area contributed by atoms with Crippen LogP contribution >= 0.6 is 0 Å². The number of hydrogen-bond acceptors (Lipinski definition) is 4. The Bertz CT molecular complexity index is 737. The van der Waals surface area contributed by atoms with Gasteiger partial charge in [0.15, 0.2) is 0 Å². The zero-order valence-electron chi connectivity index (χ0n) is 14.9.